The van der Waals surface area contributed by atoms with Crippen LogP contribution in [0.15, 0.2) is 41.6 Å². The molecule has 0 spiro atoms. The average Bonchev–Trinajstić information content (AvgIpc) is 2.63. The van der Waals surface area contributed by atoms with Crippen molar-refractivity contribution in [1.82, 2.24) is 15.7 Å². The van der Waals surface area contributed by atoms with Gasteiger partial charge in [0, 0.05) is 11.6 Å². The van der Waals surface area contributed by atoms with E-state index < -0.39 is 23.6 Å². The number of benzene rings is 1. The summed E-state index contributed by atoms with van der Waals surface area (Å²) in [6.07, 6.45) is 5.09. The SMILES string of the molecule is CSCC[C@H](NC(=O)OC(C)(C)C)C(=O)N/N=C/c1ccc2ncccc2c1. The molecule has 0 bridgehead atoms. The van der Waals surface area contributed by atoms with E-state index in [2.05, 4.69) is 20.8 Å². The number of aromatic nitrogens is 1. The zero-order valence-electron chi connectivity index (χ0n) is 16.6. The fourth-order valence-electron chi connectivity index (χ4n) is 2.38. The summed E-state index contributed by atoms with van der Waals surface area (Å²) in [5.74, 6) is 0.327. The highest BCUT2D eigenvalue weighted by molar-refractivity contribution is 7.98. The van der Waals surface area contributed by atoms with Gasteiger partial charge < -0.3 is 10.1 Å². The number of hydrogen-bond donors (Lipinski definition) is 2. The van der Waals surface area contributed by atoms with Crippen LogP contribution in [-0.2, 0) is 9.53 Å². The normalized spacial score (nSPS) is 12.7. The van der Waals surface area contributed by atoms with Crippen LogP contribution in [-0.4, -0.2) is 46.9 Å². The molecule has 8 heteroatoms. The molecule has 0 aliphatic heterocycles. The standard InChI is InChI=1S/C20H26N4O3S/c1-20(2,3)27-19(26)23-17(9-11-28-4)18(25)24-22-13-14-7-8-16-15(12-14)6-5-10-21-16/h5-8,10,12-13,17H,9,11H2,1-4H3,(H,23,26)(H,24,25)/b22-13+/t17-/m0/s1. The lowest BCUT2D eigenvalue weighted by molar-refractivity contribution is -0.123. The van der Waals surface area contributed by atoms with Gasteiger partial charge in [-0.1, -0.05) is 12.1 Å². The number of carbonyl (C=O) groups excluding carboxylic acids is 2. The van der Waals surface area contributed by atoms with E-state index in [0.717, 1.165) is 22.2 Å². The summed E-state index contributed by atoms with van der Waals surface area (Å²) in [5, 5.41) is 7.62. The van der Waals surface area contributed by atoms with E-state index in [1.165, 1.54) is 0 Å². The summed E-state index contributed by atoms with van der Waals surface area (Å²) >= 11 is 1.59. The van der Waals surface area contributed by atoms with Gasteiger partial charge in [0.15, 0.2) is 0 Å². The molecular weight excluding hydrogens is 376 g/mol. The molecule has 1 heterocycles. The van der Waals surface area contributed by atoms with Crippen LogP contribution in [0, 0.1) is 0 Å². The van der Waals surface area contributed by atoms with E-state index in [0.29, 0.717) is 6.42 Å². The van der Waals surface area contributed by atoms with Crippen LogP contribution in [0.1, 0.15) is 32.8 Å². The van der Waals surface area contributed by atoms with Crippen molar-refractivity contribution in [2.45, 2.75) is 38.8 Å². The van der Waals surface area contributed by atoms with Crippen molar-refractivity contribution < 1.29 is 14.3 Å². The molecule has 2 rings (SSSR count). The molecule has 2 N–H and O–H groups in total. The second kappa shape index (κ2) is 10.1. The van der Waals surface area contributed by atoms with Crippen LogP contribution in [0.3, 0.4) is 0 Å². The fourth-order valence-corrected chi connectivity index (χ4v) is 2.85. The number of rotatable bonds is 7. The predicted octanol–water partition coefficient (Wildman–Crippen LogP) is 3.33. The number of alkyl carbamates (subject to hydrolysis) is 1. The lowest BCUT2D eigenvalue weighted by Gasteiger charge is -2.22. The van der Waals surface area contributed by atoms with E-state index in [-0.39, 0.29) is 0 Å². The Morgan fingerprint density at radius 2 is 2.11 bits per heavy atom. The summed E-state index contributed by atoms with van der Waals surface area (Å²) in [5.41, 5.74) is 3.59. The van der Waals surface area contributed by atoms with Crippen LogP contribution in [0.4, 0.5) is 4.79 Å². The molecule has 0 saturated carbocycles. The van der Waals surface area contributed by atoms with Gasteiger partial charge in [0.25, 0.3) is 5.91 Å². The third-order valence-corrected chi connectivity index (χ3v) is 4.28. The van der Waals surface area contributed by atoms with Crippen molar-refractivity contribution in [3.8, 4) is 0 Å². The first kappa shape index (κ1) is 21.7. The highest BCUT2D eigenvalue weighted by Gasteiger charge is 2.23. The Morgan fingerprint density at radius 3 is 2.82 bits per heavy atom. The van der Waals surface area contributed by atoms with Gasteiger partial charge in [0.2, 0.25) is 0 Å². The van der Waals surface area contributed by atoms with Crippen LogP contribution < -0.4 is 10.7 Å². The highest BCUT2D eigenvalue weighted by Crippen LogP contribution is 2.12. The molecule has 0 aliphatic carbocycles. The van der Waals surface area contributed by atoms with Gasteiger partial charge in [-0.25, -0.2) is 10.2 Å². The van der Waals surface area contributed by atoms with Crippen molar-refractivity contribution in [3.05, 3.63) is 42.1 Å². The number of nitrogens with one attached hydrogen (secondary N) is 2. The maximum absolute atomic E-state index is 12.4. The minimum Gasteiger partial charge on any atom is -0.444 e. The first-order chi connectivity index (χ1) is 13.3. The zero-order valence-corrected chi connectivity index (χ0v) is 17.4. The zero-order chi connectivity index (χ0) is 20.6. The quantitative estimate of drug-likeness (QED) is 0.547. The second-order valence-corrected chi connectivity index (χ2v) is 8.16. The second-order valence-electron chi connectivity index (χ2n) is 7.17. The number of thioether (sulfide) groups is 1. The largest absolute Gasteiger partial charge is 0.444 e. The molecule has 28 heavy (non-hydrogen) atoms. The Kier molecular flexibility index (Phi) is 7.80. The smallest absolute Gasteiger partial charge is 0.408 e. The Balaban J connectivity index is 1.98. The molecular formula is C20H26N4O3S. The van der Waals surface area contributed by atoms with E-state index in [1.807, 2.05) is 36.6 Å². The number of hydrogen-bond acceptors (Lipinski definition) is 6. The van der Waals surface area contributed by atoms with Crippen LogP contribution in [0.25, 0.3) is 10.9 Å². The molecule has 0 saturated heterocycles. The number of fused-ring (bicyclic) bond motifs is 1. The lowest BCUT2D eigenvalue weighted by atomic mass is 10.1. The van der Waals surface area contributed by atoms with E-state index in [1.54, 1.807) is 44.9 Å². The Labute approximate surface area is 169 Å². The summed E-state index contributed by atoms with van der Waals surface area (Å²) in [6, 6.07) is 8.80. The number of ether oxygens (including phenoxy) is 1. The third kappa shape index (κ3) is 7.19. The van der Waals surface area contributed by atoms with Crippen LogP contribution in [0.5, 0.6) is 0 Å². The van der Waals surface area contributed by atoms with E-state index in [9.17, 15) is 9.59 Å². The maximum Gasteiger partial charge on any atom is 0.408 e. The molecule has 0 unspecified atom stereocenters. The van der Waals surface area contributed by atoms with Gasteiger partial charge in [-0.15, -0.1) is 0 Å². The summed E-state index contributed by atoms with van der Waals surface area (Å²) in [7, 11) is 0. The highest BCUT2D eigenvalue weighted by atomic mass is 32.2. The van der Waals surface area contributed by atoms with Gasteiger partial charge in [0.05, 0.1) is 11.7 Å². The number of carbonyl (C=O) groups is 2. The van der Waals surface area contributed by atoms with E-state index in [4.69, 9.17) is 4.74 Å². The number of nitrogens with zero attached hydrogens (tertiary/aromatic N) is 2. The van der Waals surface area contributed by atoms with Gasteiger partial charge in [-0.05, 0) is 63.0 Å². The molecule has 0 radical (unpaired) electrons. The number of hydrazone groups is 1. The summed E-state index contributed by atoms with van der Waals surface area (Å²) in [6.45, 7) is 5.31. The number of amides is 2. The summed E-state index contributed by atoms with van der Waals surface area (Å²) in [4.78, 5) is 28.7. The average molecular weight is 403 g/mol. The van der Waals surface area contributed by atoms with Crippen molar-refractivity contribution >= 4 is 40.9 Å². The monoisotopic (exact) mass is 402 g/mol. The van der Waals surface area contributed by atoms with Crippen LogP contribution >= 0.6 is 11.8 Å². The van der Waals surface area contributed by atoms with Gasteiger partial charge in [-0.2, -0.15) is 16.9 Å². The molecule has 2 amide bonds. The van der Waals surface area contributed by atoms with Gasteiger partial charge in [0.1, 0.15) is 11.6 Å². The topological polar surface area (TPSA) is 92.7 Å². The molecule has 1 atom stereocenters. The summed E-state index contributed by atoms with van der Waals surface area (Å²) < 4.78 is 5.23. The Hall–Kier alpha value is -2.61. The Bertz CT molecular complexity index is 849. The molecule has 7 nitrogen and oxygen atoms in total. The molecule has 0 aliphatic rings. The minimum absolute atomic E-state index is 0.390. The molecule has 0 fully saturated rings. The number of pyridine rings is 1. The predicted molar refractivity (Wildman–Crippen MR) is 114 cm³/mol. The maximum atomic E-state index is 12.4. The molecule has 1 aromatic heterocycles. The fraction of sp³-hybridized carbons (Fsp3) is 0.400. The van der Waals surface area contributed by atoms with Crippen LogP contribution in [0.2, 0.25) is 0 Å². The van der Waals surface area contributed by atoms with E-state index >= 15 is 0 Å². The first-order valence-corrected chi connectivity index (χ1v) is 10.3. The molecule has 1 aromatic carbocycles. The van der Waals surface area contributed by atoms with Crippen molar-refractivity contribution in [3.63, 3.8) is 0 Å². The van der Waals surface area contributed by atoms with Gasteiger partial charge >= 0.3 is 6.09 Å². The Morgan fingerprint density at radius 1 is 1.32 bits per heavy atom. The lowest BCUT2D eigenvalue weighted by Crippen LogP contribution is -2.47. The molecule has 2 aromatic rings. The van der Waals surface area contributed by atoms with Crippen molar-refractivity contribution in [2.24, 2.45) is 5.10 Å². The van der Waals surface area contributed by atoms with Crippen molar-refractivity contribution in [1.29, 1.82) is 0 Å². The minimum atomic E-state index is -0.722. The van der Waals surface area contributed by atoms with Crippen molar-refractivity contribution in [2.75, 3.05) is 12.0 Å². The third-order valence-electron chi connectivity index (χ3n) is 3.63. The molecule has 150 valence electrons. The first-order valence-electron chi connectivity index (χ1n) is 8.94. The van der Waals surface area contributed by atoms with Gasteiger partial charge in [-0.3, -0.25) is 9.78 Å².